The summed E-state index contributed by atoms with van der Waals surface area (Å²) in [5.74, 6) is 0. The Kier molecular flexibility index (Phi) is 5.62. The summed E-state index contributed by atoms with van der Waals surface area (Å²) in [5.41, 5.74) is 3.35. The quantitative estimate of drug-likeness (QED) is 0.706. The monoisotopic (exact) mass is 237 g/mol. The van der Waals surface area contributed by atoms with E-state index in [0.29, 0.717) is 6.54 Å². The molecule has 0 aromatic heterocycles. The van der Waals surface area contributed by atoms with Crippen molar-refractivity contribution >= 4 is 0 Å². The van der Waals surface area contributed by atoms with Crippen molar-refractivity contribution in [1.29, 1.82) is 0 Å². The van der Waals surface area contributed by atoms with Crippen LogP contribution in [-0.4, -0.2) is 29.4 Å². The Bertz CT molecular complexity index is 348. The number of hydrogen-bond acceptors (Lipinski definition) is 3. The van der Waals surface area contributed by atoms with Gasteiger partial charge in [0.15, 0.2) is 0 Å². The summed E-state index contributed by atoms with van der Waals surface area (Å²) in [6.07, 6.45) is 0.339. The van der Waals surface area contributed by atoms with Gasteiger partial charge in [-0.25, -0.2) is 0 Å². The lowest BCUT2D eigenvalue weighted by molar-refractivity contribution is 0.157. The van der Waals surface area contributed by atoms with Crippen LogP contribution in [0.4, 0.5) is 0 Å². The summed E-state index contributed by atoms with van der Waals surface area (Å²) >= 11 is 0. The van der Waals surface area contributed by atoms with Crippen molar-refractivity contribution in [2.24, 2.45) is 0 Å². The van der Waals surface area contributed by atoms with Crippen molar-refractivity contribution in [2.45, 2.75) is 39.3 Å². The highest BCUT2D eigenvalue weighted by Gasteiger charge is 2.10. The molecule has 3 N–H and O–H groups in total. The molecule has 1 aromatic carbocycles. The Balaban J connectivity index is 2.57. The number of hydrogen-bond donors (Lipinski definition) is 3. The molecule has 0 bridgehead atoms. The van der Waals surface area contributed by atoms with E-state index >= 15 is 0 Å². The molecule has 3 nitrogen and oxygen atoms in total. The van der Waals surface area contributed by atoms with Gasteiger partial charge in [-0.15, -0.1) is 0 Å². The van der Waals surface area contributed by atoms with Crippen molar-refractivity contribution in [3.05, 3.63) is 34.9 Å². The SMILES string of the molecule is CCC(CO)NCC(O)c1ccc(C)c(C)c1. The predicted octanol–water partition coefficient (Wildman–Crippen LogP) is 1.70. The Hall–Kier alpha value is -0.900. The standard InChI is InChI=1S/C14H23NO2/c1-4-13(9-16)15-8-14(17)12-6-5-10(2)11(3)7-12/h5-7,13-17H,4,8-9H2,1-3H3. The molecule has 0 fully saturated rings. The topological polar surface area (TPSA) is 52.5 Å². The van der Waals surface area contributed by atoms with Gasteiger partial charge in [0.2, 0.25) is 0 Å². The molecule has 3 heteroatoms. The van der Waals surface area contributed by atoms with Crippen LogP contribution >= 0.6 is 0 Å². The van der Waals surface area contributed by atoms with E-state index in [1.807, 2.05) is 32.0 Å². The molecule has 2 atom stereocenters. The van der Waals surface area contributed by atoms with Gasteiger partial charge in [-0.3, -0.25) is 0 Å². The first kappa shape index (κ1) is 14.2. The third-order valence-corrected chi connectivity index (χ3v) is 3.23. The van der Waals surface area contributed by atoms with Crippen LogP contribution < -0.4 is 5.32 Å². The summed E-state index contributed by atoms with van der Waals surface area (Å²) in [6.45, 7) is 6.69. The summed E-state index contributed by atoms with van der Waals surface area (Å²) in [7, 11) is 0. The molecular formula is C14H23NO2. The van der Waals surface area contributed by atoms with E-state index in [4.69, 9.17) is 5.11 Å². The van der Waals surface area contributed by atoms with E-state index in [1.165, 1.54) is 11.1 Å². The van der Waals surface area contributed by atoms with Crippen LogP contribution in [0.1, 0.15) is 36.1 Å². The van der Waals surface area contributed by atoms with Gasteiger partial charge < -0.3 is 15.5 Å². The molecule has 17 heavy (non-hydrogen) atoms. The van der Waals surface area contributed by atoms with Gasteiger partial charge in [0.1, 0.15) is 0 Å². The Morgan fingerprint density at radius 1 is 1.24 bits per heavy atom. The second kappa shape index (κ2) is 6.74. The molecule has 0 spiro atoms. The van der Waals surface area contributed by atoms with E-state index in [2.05, 4.69) is 12.2 Å². The summed E-state index contributed by atoms with van der Waals surface area (Å²) in [4.78, 5) is 0. The van der Waals surface area contributed by atoms with Crippen molar-refractivity contribution in [2.75, 3.05) is 13.2 Å². The lowest BCUT2D eigenvalue weighted by Gasteiger charge is -2.18. The second-order valence-corrected chi connectivity index (χ2v) is 4.56. The second-order valence-electron chi connectivity index (χ2n) is 4.56. The summed E-state index contributed by atoms with van der Waals surface area (Å²) < 4.78 is 0. The fraction of sp³-hybridized carbons (Fsp3) is 0.571. The van der Waals surface area contributed by atoms with Crippen LogP contribution in [0.15, 0.2) is 18.2 Å². The number of aliphatic hydroxyl groups is 2. The van der Waals surface area contributed by atoms with Gasteiger partial charge in [-0.2, -0.15) is 0 Å². The normalized spacial score (nSPS) is 14.6. The maximum atomic E-state index is 10.0. The third-order valence-electron chi connectivity index (χ3n) is 3.23. The Morgan fingerprint density at radius 3 is 2.47 bits per heavy atom. The molecule has 0 radical (unpaired) electrons. The van der Waals surface area contributed by atoms with Crippen molar-refractivity contribution in [1.82, 2.24) is 5.32 Å². The highest BCUT2D eigenvalue weighted by Crippen LogP contribution is 2.16. The van der Waals surface area contributed by atoms with Crippen LogP contribution in [0.3, 0.4) is 0 Å². The maximum absolute atomic E-state index is 10.0. The minimum absolute atomic E-state index is 0.0659. The number of aliphatic hydroxyl groups excluding tert-OH is 2. The predicted molar refractivity (Wildman–Crippen MR) is 70.0 cm³/mol. The van der Waals surface area contributed by atoms with Crippen LogP contribution in [0.2, 0.25) is 0 Å². The number of aryl methyl sites for hydroxylation is 2. The number of rotatable bonds is 6. The van der Waals surface area contributed by atoms with Gasteiger partial charge in [-0.1, -0.05) is 25.1 Å². The minimum atomic E-state index is -0.519. The molecule has 0 heterocycles. The zero-order valence-corrected chi connectivity index (χ0v) is 10.9. The fourth-order valence-corrected chi connectivity index (χ4v) is 1.71. The van der Waals surface area contributed by atoms with Gasteiger partial charge in [0.25, 0.3) is 0 Å². The van der Waals surface area contributed by atoms with E-state index in [0.717, 1.165) is 12.0 Å². The Labute approximate surface area is 103 Å². The number of benzene rings is 1. The van der Waals surface area contributed by atoms with Crippen LogP contribution in [0, 0.1) is 13.8 Å². The van der Waals surface area contributed by atoms with E-state index in [-0.39, 0.29) is 12.6 Å². The lowest BCUT2D eigenvalue weighted by atomic mass is 10.0. The third kappa shape index (κ3) is 4.11. The van der Waals surface area contributed by atoms with Gasteiger partial charge in [0, 0.05) is 12.6 Å². The van der Waals surface area contributed by atoms with E-state index in [1.54, 1.807) is 0 Å². The number of nitrogens with one attached hydrogen (secondary N) is 1. The van der Waals surface area contributed by atoms with Crippen LogP contribution in [0.5, 0.6) is 0 Å². The highest BCUT2D eigenvalue weighted by molar-refractivity contribution is 5.31. The van der Waals surface area contributed by atoms with E-state index < -0.39 is 6.10 Å². The molecule has 96 valence electrons. The molecule has 0 aliphatic rings. The van der Waals surface area contributed by atoms with Gasteiger partial charge >= 0.3 is 0 Å². The fourth-order valence-electron chi connectivity index (χ4n) is 1.71. The van der Waals surface area contributed by atoms with Crippen molar-refractivity contribution in [3.63, 3.8) is 0 Å². The largest absolute Gasteiger partial charge is 0.395 e. The molecular weight excluding hydrogens is 214 g/mol. The van der Waals surface area contributed by atoms with Crippen LogP contribution in [0.25, 0.3) is 0 Å². The smallest absolute Gasteiger partial charge is 0.0914 e. The zero-order valence-electron chi connectivity index (χ0n) is 10.9. The first-order valence-electron chi connectivity index (χ1n) is 6.18. The average molecular weight is 237 g/mol. The van der Waals surface area contributed by atoms with Gasteiger partial charge in [0.05, 0.1) is 12.7 Å². The molecule has 0 aliphatic carbocycles. The van der Waals surface area contributed by atoms with Crippen LogP contribution in [-0.2, 0) is 0 Å². The lowest BCUT2D eigenvalue weighted by Crippen LogP contribution is -2.34. The zero-order chi connectivity index (χ0) is 12.8. The molecule has 0 aliphatic heterocycles. The van der Waals surface area contributed by atoms with E-state index in [9.17, 15) is 5.11 Å². The first-order valence-corrected chi connectivity index (χ1v) is 6.18. The molecule has 0 saturated heterocycles. The molecule has 2 unspecified atom stereocenters. The maximum Gasteiger partial charge on any atom is 0.0914 e. The van der Waals surface area contributed by atoms with Gasteiger partial charge in [-0.05, 0) is 37.0 Å². The average Bonchev–Trinajstić information content (AvgIpc) is 2.33. The molecule has 1 rings (SSSR count). The van der Waals surface area contributed by atoms with Crippen molar-refractivity contribution < 1.29 is 10.2 Å². The summed E-state index contributed by atoms with van der Waals surface area (Å²) in [6, 6.07) is 6.06. The van der Waals surface area contributed by atoms with Crippen molar-refractivity contribution in [3.8, 4) is 0 Å². The highest BCUT2D eigenvalue weighted by atomic mass is 16.3. The molecule has 0 saturated carbocycles. The first-order chi connectivity index (χ1) is 8.08. The summed E-state index contributed by atoms with van der Waals surface area (Å²) in [5, 5.41) is 22.2. The molecule has 0 amide bonds. The Morgan fingerprint density at radius 2 is 1.94 bits per heavy atom. The minimum Gasteiger partial charge on any atom is -0.395 e. The molecule has 1 aromatic rings.